The predicted molar refractivity (Wildman–Crippen MR) is 285 cm³/mol. The fourth-order valence-electron chi connectivity index (χ4n) is 9.49. The molecule has 4 nitrogen and oxygen atoms in total. The van der Waals surface area contributed by atoms with Gasteiger partial charge in [-0.25, -0.2) is 4.99 Å². The van der Waals surface area contributed by atoms with Crippen LogP contribution in [0, 0.1) is 0 Å². The molecule has 63 heavy (non-hydrogen) atoms. The molecule has 0 bridgehead atoms. The SMILES string of the molecule is c1ccc2c(c1)c1ccccc1n2-c1ccc(C2=NC(c3ccc(-n4c5ccccc5c5ccccc54)cc3)=IC(c3ccc(-n4c5ccccc5c5ccccc54)cc3)=I2)cc1. The Bertz CT molecular complexity index is 3310. The number of para-hydroxylation sites is 6. The fraction of sp³-hybridized carbons (Fsp3) is 0. The number of halogens is 2. The highest BCUT2D eigenvalue weighted by Gasteiger charge is 2.19. The monoisotopic (exact) mass is 1030 g/mol. The molecule has 0 unspecified atom stereocenters. The number of aliphatic imine (C=N–C) groups is 1. The van der Waals surface area contributed by atoms with Gasteiger partial charge in [0, 0.05) is 60.5 Å². The van der Waals surface area contributed by atoms with Crippen molar-refractivity contribution in [1.82, 2.24) is 13.7 Å². The van der Waals surface area contributed by atoms with Crippen molar-refractivity contribution in [3.8, 4) is 17.1 Å². The minimum absolute atomic E-state index is 0.521. The summed E-state index contributed by atoms with van der Waals surface area (Å²) >= 11 is -1.04. The first kappa shape index (κ1) is 36.9. The molecule has 13 rings (SSSR count). The Balaban J connectivity index is 0.919. The van der Waals surface area contributed by atoms with Crippen molar-refractivity contribution >= 4 is 116 Å². The Hall–Kier alpha value is -6.75. The molecule has 0 N–H and O–H groups in total. The molecule has 0 saturated heterocycles. The molecule has 4 heterocycles. The topological polar surface area (TPSA) is 27.1 Å². The van der Waals surface area contributed by atoms with Crippen LogP contribution >= 0.6 is 41.5 Å². The number of aromatic nitrogens is 3. The smallest absolute Gasteiger partial charge is 0.105 e. The van der Waals surface area contributed by atoms with E-state index < -0.39 is 41.5 Å². The fourth-order valence-corrected chi connectivity index (χ4v) is 17.6. The van der Waals surface area contributed by atoms with E-state index in [1.54, 1.807) is 1.52 Å². The van der Waals surface area contributed by atoms with Gasteiger partial charge in [-0.05, 0) is 120 Å². The molecule has 0 amide bonds. The first-order chi connectivity index (χ1) is 31.2. The zero-order valence-corrected chi connectivity index (χ0v) is 38.1. The summed E-state index contributed by atoms with van der Waals surface area (Å²) in [7, 11) is 0. The zero-order valence-electron chi connectivity index (χ0n) is 33.8. The number of benzene rings is 9. The van der Waals surface area contributed by atoms with Gasteiger partial charge in [0.05, 0.1) is 34.6 Å². The quantitative estimate of drug-likeness (QED) is 0.148. The van der Waals surface area contributed by atoms with Crippen molar-refractivity contribution in [2.45, 2.75) is 0 Å². The molecule has 0 saturated carbocycles. The highest BCUT2D eigenvalue weighted by atomic mass is 127. The van der Waals surface area contributed by atoms with Gasteiger partial charge in [-0.2, -0.15) is 0 Å². The maximum Gasteiger partial charge on any atom is 0.105 e. The second-order valence-electron chi connectivity index (χ2n) is 15.9. The molecule has 0 aliphatic carbocycles. The van der Waals surface area contributed by atoms with Crippen LogP contribution in [0.5, 0.6) is 0 Å². The molecule has 1 aliphatic rings. The number of fused-ring (bicyclic) bond motifs is 9. The van der Waals surface area contributed by atoms with E-state index in [0.717, 1.165) is 11.4 Å². The normalized spacial score (nSPS) is 13.3. The Morgan fingerprint density at radius 2 is 0.556 bits per heavy atom. The standard InChI is InChI=1S/C57H36I2N4/c1-7-19-49-43(13-1)44-14-2-8-20-50(44)61(49)40-31-25-37(26-32-40)55-58-56(38-27-33-41(34-28-38)62-51-21-9-3-15-45(51)46-16-4-10-22-52(46)62)60-57(59-55)39-29-35-42(36-30-39)63-53-23-11-5-17-47(53)48-18-6-12-24-54(48)63/h1-36H. The molecule has 0 atom stereocenters. The van der Waals surface area contributed by atoms with Gasteiger partial charge in [-0.15, -0.1) is 0 Å². The second kappa shape index (κ2) is 15.0. The lowest BCUT2D eigenvalue weighted by atomic mass is 10.2. The van der Waals surface area contributed by atoms with Crippen LogP contribution < -0.4 is 0 Å². The first-order valence-corrected chi connectivity index (χ1v) is 25.5. The average molecular weight is 1030 g/mol. The van der Waals surface area contributed by atoms with E-state index in [2.05, 4.69) is 232 Å². The van der Waals surface area contributed by atoms with Crippen LogP contribution in [0.1, 0.15) is 16.7 Å². The maximum atomic E-state index is 5.60. The van der Waals surface area contributed by atoms with Crippen LogP contribution in [-0.2, 0) is 0 Å². The first-order valence-electron chi connectivity index (χ1n) is 21.1. The number of rotatable bonds is 6. The second-order valence-corrected chi connectivity index (χ2v) is 23.2. The van der Waals surface area contributed by atoms with Crippen LogP contribution in [0.15, 0.2) is 223 Å². The lowest BCUT2D eigenvalue weighted by Crippen LogP contribution is -2.07. The Labute approximate surface area is 383 Å². The van der Waals surface area contributed by atoms with Gasteiger partial charge in [0.15, 0.2) is 0 Å². The van der Waals surface area contributed by atoms with E-state index in [1.807, 2.05) is 0 Å². The number of nitrogens with zero attached hydrogens (tertiary/aromatic N) is 4. The van der Waals surface area contributed by atoms with Crippen LogP contribution in [0.3, 0.4) is 0 Å². The minimum Gasteiger partial charge on any atom is -0.309 e. The molecule has 12 aromatic rings. The molecule has 0 fully saturated rings. The van der Waals surface area contributed by atoms with Crippen molar-refractivity contribution in [1.29, 1.82) is 0 Å². The summed E-state index contributed by atoms with van der Waals surface area (Å²) < 4.78 is 11.2. The summed E-state index contributed by atoms with van der Waals surface area (Å²) in [4.78, 5) is 5.60. The third kappa shape index (κ3) is 6.03. The molecule has 1 aliphatic heterocycles. The molecular formula is C57H36I2N4. The van der Waals surface area contributed by atoms with Crippen LogP contribution in [0.2, 0.25) is 0 Å². The lowest BCUT2D eigenvalue weighted by molar-refractivity contribution is 1.18. The van der Waals surface area contributed by atoms with Gasteiger partial charge in [-0.1, -0.05) is 146 Å². The zero-order chi connectivity index (χ0) is 41.4. The summed E-state index contributed by atoms with van der Waals surface area (Å²) in [5.41, 5.74) is 14.6. The van der Waals surface area contributed by atoms with Crippen molar-refractivity contribution < 1.29 is 0 Å². The Morgan fingerprint density at radius 3 is 0.889 bits per heavy atom. The van der Waals surface area contributed by atoms with Crippen molar-refractivity contribution in [3.05, 3.63) is 235 Å². The third-order valence-corrected chi connectivity index (χ3v) is 20.0. The predicted octanol–water partition coefficient (Wildman–Crippen LogP) is 15.0. The van der Waals surface area contributed by atoms with E-state index in [1.165, 1.54) is 95.1 Å². The summed E-state index contributed by atoms with van der Waals surface area (Å²) in [6.07, 6.45) is 0. The number of hydrogen-bond donors (Lipinski definition) is 0. The van der Waals surface area contributed by atoms with E-state index in [-0.39, 0.29) is 0 Å². The molecule has 0 radical (unpaired) electrons. The van der Waals surface area contributed by atoms with Gasteiger partial charge < -0.3 is 13.7 Å². The van der Waals surface area contributed by atoms with E-state index in [4.69, 9.17) is 4.99 Å². The highest BCUT2D eigenvalue weighted by molar-refractivity contribution is 14.3. The molecule has 0 spiro atoms. The molecule has 298 valence electrons. The van der Waals surface area contributed by atoms with Crippen molar-refractivity contribution in [3.63, 3.8) is 0 Å². The van der Waals surface area contributed by atoms with Gasteiger partial charge >= 0.3 is 0 Å². The summed E-state index contributed by atoms with van der Waals surface area (Å²) in [5.74, 6) is 0. The van der Waals surface area contributed by atoms with Crippen LogP contribution in [-0.4, -0.2) is 22.6 Å². The largest absolute Gasteiger partial charge is 0.309 e. The van der Waals surface area contributed by atoms with Gasteiger partial charge in [0.25, 0.3) is 0 Å². The molecule has 6 heteroatoms. The molecular weight excluding hydrogens is 994 g/mol. The van der Waals surface area contributed by atoms with E-state index in [0.29, 0.717) is 0 Å². The van der Waals surface area contributed by atoms with Crippen LogP contribution in [0.4, 0.5) is 0 Å². The number of hydrogen-bond acceptors (Lipinski definition) is 1. The van der Waals surface area contributed by atoms with Crippen LogP contribution in [0.25, 0.3) is 82.5 Å². The Kier molecular flexibility index (Phi) is 8.75. The van der Waals surface area contributed by atoms with Crippen molar-refractivity contribution in [2.75, 3.05) is 0 Å². The lowest BCUT2D eigenvalue weighted by Gasteiger charge is -2.15. The summed E-state index contributed by atoms with van der Waals surface area (Å²) in [6, 6.07) is 80.1. The third-order valence-electron chi connectivity index (χ3n) is 12.4. The summed E-state index contributed by atoms with van der Waals surface area (Å²) in [5, 5.41) is 7.66. The van der Waals surface area contributed by atoms with Crippen molar-refractivity contribution in [2.24, 2.45) is 4.99 Å². The molecule has 9 aromatic carbocycles. The van der Waals surface area contributed by atoms with Gasteiger partial charge in [0.2, 0.25) is 0 Å². The highest BCUT2D eigenvalue weighted by Crippen LogP contribution is 2.37. The summed E-state index contributed by atoms with van der Waals surface area (Å²) in [6.45, 7) is 0. The van der Waals surface area contributed by atoms with E-state index >= 15 is 0 Å². The average Bonchev–Trinajstić information content (AvgIpc) is 4.00. The minimum atomic E-state index is -0.521. The molecule has 3 aromatic heterocycles. The van der Waals surface area contributed by atoms with Gasteiger partial charge in [-0.3, -0.25) is 0 Å². The maximum absolute atomic E-state index is 5.60. The Morgan fingerprint density at radius 1 is 0.270 bits per heavy atom. The van der Waals surface area contributed by atoms with E-state index in [9.17, 15) is 0 Å². The van der Waals surface area contributed by atoms with Gasteiger partial charge in [0.1, 0.15) is 7.35 Å².